The molecule has 0 unspecified atom stereocenters. The van der Waals surface area contributed by atoms with E-state index in [1.165, 1.54) is 12.1 Å². The van der Waals surface area contributed by atoms with Gasteiger partial charge < -0.3 is 5.11 Å². The second-order valence-corrected chi connectivity index (χ2v) is 5.02. The summed E-state index contributed by atoms with van der Waals surface area (Å²) >= 11 is 17.4. The molecule has 0 amide bonds. The molecule has 2 rings (SSSR count). The van der Waals surface area contributed by atoms with Crippen molar-refractivity contribution in [1.82, 2.24) is 4.98 Å². The average molecular weight is 343 g/mol. The van der Waals surface area contributed by atoms with Gasteiger partial charge in [-0.05, 0) is 18.2 Å². The summed E-state index contributed by atoms with van der Waals surface area (Å²) < 4.78 is 38.2. The molecule has 8 heteroatoms. The van der Waals surface area contributed by atoms with Gasteiger partial charge in [0.2, 0.25) is 0 Å². The number of hydrogen-bond acceptors (Lipinski definition) is 2. The number of aromatic hydroxyl groups is 1. The molecule has 106 valence electrons. The fourth-order valence-electron chi connectivity index (χ4n) is 1.58. The van der Waals surface area contributed by atoms with Crippen LogP contribution in [-0.4, -0.2) is 10.1 Å². The van der Waals surface area contributed by atoms with E-state index in [-0.39, 0.29) is 26.3 Å². The molecule has 1 aromatic heterocycles. The van der Waals surface area contributed by atoms with E-state index in [1.807, 2.05) is 0 Å². The van der Waals surface area contributed by atoms with E-state index in [0.29, 0.717) is 6.07 Å². The Morgan fingerprint density at radius 1 is 1.00 bits per heavy atom. The maximum Gasteiger partial charge on any atom is 0.420 e. The fourth-order valence-corrected chi connectivity index (χ4v) is 2.22. The van der Waals surface area contributed by atoms with E-state index in [1.54, 1.807) is 0 Å². The summed E-state index contributed by atoms with van der Waals surface area (Å²) in [5.41, 5.74) is -1.46. The highest BCUT2D eigenvalue weighted by Crippen LogP contribution is 2.43. The lowest BCUT2D eigenvalue weighted by atomic mass is 10.1. The number of pyridine rings is 1. The normalized spacial score (nSPS) is 11.7. The Morgan fingerprint density at radius 2 is 1.60 bits per heavy atom. The third-order valence-electron chi connectivity index (χ3n) is 2.49. The molecule has 0 aliphatic carbocycles. The van der Waals surface area contributed by atoms with Crippen molar-refractivity contribution in [3.63, 3.8) is 0 Å². The predicted molar refractivity (Wildman–Crippen MR) is 71.4 cm³/mol. The molecule has 0 aliphatic heterocycles. The van der Waals surface area contributed by atoms with Crippen LogP contribution in [0.3, 0.4) is 0 Å². The molecular weight excluding hydrogens is 337 g/mol. The van der Waals surface area contributed by atoms with Crippen LogP contribution in [-0.2, 0) is 6.18 Å². The molecule has 0 radical (unpaired) electrons. The molecule has 0 bridgehead atoms. The molecule has 1 aromatic carbocycles. The number of benzene rings is 1. The lowest BCUT2D eigenvalue weighted by molar-refractivity contribution is -0.138. The molecule has 0 saturated heterocycles. The van der Waals surface area contributed by atoms with E-state index >= 15 is 0 Å². The van der Waals surface area contributed by atoms with E-state index in [0.717, 1.165) is 6.20 Å². The second kappa shape index (κ2) is 5.31. The van der Waals surface area contributed by atoms with Crippen LogP contribution in [0.1, 0.15) is 5.56 Å². The largest absolute Gasteiger partial charge is 0.505 e. The van der Waals surface area contributed by atoms with Crippen molar-refractivity contribution in [3.05, 3.63) is 45.0 Å². The number of aromatic nitrogens is 1. The number of alkyl halides is 3. The molecular formula is C12H5Cl3F3NO. The van der Waals surface area contributed by atoms with Gasteiger partial charge in [-0.25, -0.2) is 0 Å². The summed E-state index contributed by atoms with van der Waals surface area (Å²) in [6, 6.07) is 3.18. The number of rotatable bonds is 1. The minimum Gasteiger partial charge on any atom is -0.505 e. The third kappa shape index (κ3) is 2.80. The lowest BCUT2D eigenvalue weighted by Gasteiger charge is -2.13. The van der Waals surface area contributed by atoms with Crippen molar-refractivity contribution in [3.8, 4) is 17.0 Å². The van der Waals surface area contributed by atoms with Gasteiger partial charge >= 0.3 is 6.18 Å². The SMILES string of the molecule is Oc1c(C(F)(F)F)ccnc1-c1cc(Cl)c(Cl)cc1Cl. The zero-order valence-corrected chi connectivity index (χ0v) is 11.7. The molecule has 0 aliphatic rings. The van der Waals surface area contributed by atoms with Crippen LogP contribution in [0, 0.1) is 0 Å². The Morgan fingerprint density at radius 3 is 2.20 bits per heavy atom. The molecule has 0 fully saturated rings. The zero-order chi connectivity index (χ0) is 15.1. The number of hydrogen-bond donors (Lipinski definition) is 1. The first-order chi connectivity index (χ1) is 9.21. The molecule has 0 saturated carbocycles. The third-order valence-corrected chi connectivity index (χ3v) is 3.53. The summed E-state index contributed by atoms with van der Waals surface area (Å²) in [4.78, 5) is 3.72. The van der Waals surface area contributed by atoms with Crippen LogP contribution in [0.15, 0.2) is 24.4 Å². The van der Waals surface area contributed by atoms with Crippen molar-refractivity contribution >= 4 is 34.8 Å². The van der Waals surface area contributed by atoms with E-state index < -0.39 is 17.5 Å². The zero-order valence-electron chi connectivity index (χ0n) is 9.47. The van der Waals surface area contributed by atoms with Crippen LogP contribution in [0.5, 0.6) is 5.75 Å². The standard InChI is InChI=1S/C12H5Cl3F3NO/c13-7-4-9(15)8(14)3-5(7)10-11(20)6(1-2-19-10)12(16,17)18/h1-4,20H. The minimum absolute atomic E-state index is 0.0292. The van der Waals surface area contributed by atoms with Gasteiger partial charge in [-0.3, -0.25) is 4.98 Å². The maximum atomic E-state index is 12.7. The van der Waals surface area contributed by atoms with Crippen LogP contribution in [0.25, 0.3) is 11.3 Å². The van der Waals surface area contributed by atoms with Gasteiger partial charge in [0.15, 0.2) is 5.75 Å². The highest BCUT2D eigenvalue weighted by Gasteiger charge is 2.35. The van der Waals surface area contributed by atoms with Crippen LogP contribution >= 0.6 is 34.8 Å². The van der Waals surface area contributed by atoms with Crippen molar-refractivity contribution in [2.24, 2.45) is 0 Å². The van der Waals surface area contributed by atoms with Crippen molar-refractivity contribution in [1.29, 1.82) is 0 Å². The topological polar surface area (TPSA) is 33.1 Å². The molecule has 1 heterocycles. The molecule has 0 spiro atoms. The van der Waals surface area contributed by atoms with Gasteiger partial charge in [0.25, 0.3) is 0 Å². The summed E-state index contributed by atoms with van der Waals surface area (Å²) in [6.07, 6.45) is -3.78. The smallest absolute Gasteiger partial charge is 0.420 e. The molecule has 0 atom stereocenters. The van der Waals surface area contributed by atoms with Crippen molar-refractivity contribution in [2.75, 3.05) is 0 Å². The van der Waals surface area contributed by atoms with E-state index in [2.05, 4.69) is 4.98 Å². The van der Waals surface area contributed by atoms with Crippen molar-refractivity contribution in [2.45, 2.75) is 6.18 Å². The monoisotopic (exact) mass is 341 g/mol. The van der Waals surface area contributed by atoms with Gasteiger partial charge in [0, 0.05) is 11.8 Å². The summed E-state index contributed by atoms with van der Waals surface area (Å²) in [5, 5.41) is 10.0. The van der Waals surface area contributed by atoms with Crippen LogP contribution in [0.2, 0.25) is 15.1 Å². The molecule has 20 heavy (non-hydrogen) atoms. The van der Waals surface area contributed by atoms with E-state index in [9.17, 15) is 18.3 Å². The lowest BCUT2D eigenvalue weighted by Crippen LogP contribution is -2.06. The van der Waals surface area contributed by atoms with Gasteiger partial charge in [0.05, 0.1) is 15.1 Å². The highest BCUT2D eigenvalue weighted by atomic mass is 35.5. The van der Waals surface area contributed by atoms with Gasteiger partial charge in [0.1, 0.15) is 11.3 Å². The van der Waals surface area contributed by atoms with E-state index in [4.69, 9.17) is 34.8 Å². The predicted octanol–water partition coefficient (Wildman–Crippen LogP) is 5.43. The minimum atomic E-state index is -4.70. The first kappa shape index (κ1) is 15.2. The molecule has 1 N–H and O–H groups in total. The molecule has 2 aromatic rings. The fraction of sp³-hybridized carbons (Fsp3) is 0.0833. The van der Waals surface area contributed by atoms with Gasteiger partial charge in [-0.1, -0.05) is 34.8 Å². The van der Waals surface area contributed by atoms with Crippen LogP contribution < -0.4 is 0 Å². The summed E-state index contributed by atoms with van der Waals surface area (Å²) in [5.74, 6) is -1.01. The Hall–Kier alpha value is -1.17. The first-order valence-corrected chi connectivity index (χ1v) is 6.25. The Balaban J connectivity index is 2.69. The average Bonchev–Trinajstić information content (AvgIpc) is 2.33. The maximum absolute atomic E-state index is 12.7. The number of nitrogens with zero attached hydrogens (tertiary/aromatic N) is 1. The Labute approximate surface area is 126 Å². The second-order valence-electron chi connectivity index (χ2n) is 3.80. The summed E-state index contributed by atoms with van der Waals surface area (Å²) in [6.45, 7) is 0. The quantitative estimate of drug-likeness (QED) is 0.701. The van der Waals surface area contributed by atoms with Gasteiger partial charge in [-0.15, -0.1) is 0 Å². The highest BCUT2D eigenvalue weighted by molar-refractivity contribution is 6.44. The van der Waals surface area contributed by atoms with Gasteiger partial charge in [-0.2, -0.15) is 13.2 Å². The molecule has 2 nitrogen and oxygen atoms in total. The Bertz CT molecular complexity index is 674. The van der Waals surface area contributed by atoms with Crippen LogP contribution in [0.4, 0.5) is 13.2 Å². The summed E-state index contributed by atoms with van der Waals surface area (Å²) in [7, 11) is 0. The Kier molecular flexibility index (Phi) is 4.04. The number of halogens is 6. The van der Waals surface area contributed by atoms with Crippen molar-refractivity contribution < 1.29 is 18.3 Å². The first-order valence-electron chi connectivity index (χ1n) is 5.12.